The predicted molar refractivity (Wildman–Crippen MR) is 101 cm³/mol. The lowest BCUT2D eigenvalue weighted by atomic mass is 10.2. The Kier molecular flexibility index (Phi) is 4.93. The molecule has 0 saturated carbocycles. The smallest absolute Gasteiger partial charge is 0.338 e. The van der Waals surface area contributed by atoms with Gasteiger partial charge in [0.1, 0.15) is 5.82 Å². The van der Waals surface area contributed by atoms with E-state index < -0.39 is 27.4 Å². The van der Waals surface area contributed by atoms with Gasteiger partial charge in [0.05, 0.1) is 10.5 Å². The number of halogens is 1. The Bertz CT molecular complexity index is 1120. The van der Waals surface area contributed by atoms with Crippen molar-refractivity contribution in [2.24, 2.45) is 5.92 Å². The van der Waals surface area contributed by atoms with Gasteiger partial charge in [0, 0.05) is 29.3 Å². The lowest BCUT2D eigenvalue weighted by Crippen LogP contribution is -2.14. The van der Waals surface area contributed by atoms with Crippen molar-refractivity contribution in [1.29, 1.82) is 0 Å². The number of hydrogen-bond donors (Lipinski definition) is 2. The normalized spacial score (nSPS) is 11.9. The van der Waals surface area contributed by atoms with Crippen molar-refractivity contribution in [2.75, 3.05) is 4.72 Å². The summed E-state index contributed by atoms with van der Waals surface area (Å²) in [4.78, 5) is 10.7. The van der Waals surface area contributed by atoms with E-state index in [0.29, 0.717) is 11.6 Å². The van der Waals surface area contributed by atoms with E-state index >= 15 is 0 Å². The molecule has 0 saturated heterocycles. The number of fused-ring (bicyclic) bond motifs is 1. The molecule has 6 nitrogen and oxygen atoms in total. The maximum absolute atomic E-state index is 13.5. The van der Waals surface area contributed by atoms with Crippen molar-refractivity contribution in [1.82, 2.24) is 4.57 Å². The molecule has 142 valence electrons. The molecular formula is C19H19FN2O4S. The van der Waals surface area contributed by atoms with Gasteiger partial charge in [-0.15, -0.1) is 0 Å². The van der Waals surface area contributed by atoms with Crippen LogP contribution in [0.5, 0.6) is 0 Å². The van der Waals surface area contributed by atoms with Crippen LogP contribution < -0.4 is 4.72 Å². The molecule has 1 heterocycles. The first-order valence-electron chi connectivity index (χ1n) is 8.32. The summed E-state index contributed by atoms with van der Waals surface area (Å²) in [7, 11) is -4.05. The summed E-state index contributed by atoms with van der Waals surface area (Å²) in [6.07, 6.45) is 1.95. The molecule has 0 radical (unpaired) electrons. The third-order valence-electron chi connectivity index (χ3n) is 4.06. The van der Waals surface area contributed by atoms with Crippen LogP contribution in [0.25, 0.3) is 10.9 Å². The van der Waals surface area contributed by atoms with Crippen LogP contribution in [0.1, 0.15) is 24.2 Å². The monoisotopic (exact) mass is 390 g/mol. The minimum atomic E-state index is -4.05. The second-order valence-electron chi connectivity index (χ2n) is 6.69. The summed E-state index contributed by atoms with van der Waals surface area (Å²) < 4.78 is 43.1. The van der Waals surface area contributed by atoms with Gasteiger partial charge < -0.3 is 9.67 Å². The van der Waals surface area contributed by atoms with Gasteiger partial charge in [0.25, 0.3) is 10.0 Å². The minimum Gasteiger partial charge on any atom is -0.478 e. The van der Waals surface area contributed by atoms with E-state index in [0.717, 1.165) is 35.6 Å². The Labute approximate surface area is 156 Å². The highest BCUT2D eigenvalue weighted by molar-refractivity contribution is 7.92. The Balaban J connectivity index is 1.92. The van der Waals surface area contributed by atoms with Crippen LogP contribution in [0.4, 0.5) is 10.1 Å². The minimum absolute atomic E-state index is 0.321. The molecule has 0 unspecified atom stereocenters. The number of hydrogen-bond acceptors (Lipinski definition) is 3. The van der Waals surface area contributed by atoms with E-state index in [-0.39, 0.29) is 4.90 Å². The number of nitrogens with zero attached hydrogens (tertiary/aromatic N) is 1. The largest absolute Gasteiger partial charge is 0.478 e. The van der Waals surface area contributed by atoms with Crippen molar-refractivity contribution in [3.8, 4) is 0 Å². The average molecular weight is 390 g/mol. The SMILES string of the molecule is CC(C)Cn1ccc2cc(NS(=O)(=O)c3ccc(F)c(C(=O)O)c3)ccc21. The highest BCUT2D eigenvalue weighted by Gasteiger charge is 2.19. The Morgan fingerprint density at radius 2 is 1.93 bits per heavy atom. The topological polar surface area (TPSA) is 88.4 Å². The summed E-state index contributed by atoms with van der Waals surface area (Å²) in [5.74, 6) is -2.05. The molecule has 0 amide bonds. The fraction of sp³-hybridized carbons (Fsp3) is 0.211. The summed E-state index contributed by atoms with van der Waals surface area (Å²) in [5, 5.41) is 9.85. The van der Waals surface area contributed by atoms with E-state index in [1.165, 1.54) is 0 Å². The summed E-state index contributed by atoms with van der Waals surface area (Å²) in [6, 6.07) is 9.72. The quantitative estimate of drug-likeness (QED) is 0.667. The number of carbonyl (C=O) groups is 1. The Morgan fingerprint density at radius 1 is 1.19 bits per heavy atom. The molecule has 0 aliphatic heterocycles. The van der Waals surface area contributed by atoms with E-state index in [4.69, 9.17) is 5.11 Å². The van der Waals surface area contributed by atoms with E-state index in [2.05, 4.69) is 23.1 Å². The Hall–Kier alpha value is -2.87. The zero-order valence-electron chi connectivity index (χ0n) is 14.8. The van der Waals surface area contributed by atoms with Gasteiger partial charge in [-0.05, 0) is 48.4 Å². The summed E-state index contributed by atoms with van der Waals surface area (Å²) >= 11 is 0. The predicted octanol–water partition coefficient (Wildman–Crippen LogP) is 3.94. The molecule has 2 N–H and O–H groups in total. The number of carboxylic acid groups (broad SMARTS) is 1. The molecule has 0 fully saturated rings. The molecule has 0 atom stereocenters. The second kappa shape index (κ2) is 7.03. The van der Waals surface area contributed by atoms with E-state index in [1.54, 1.807) is 12.1 Å². The van der Waals surface area contributed by atoms with Crippen LogP contribution in [0.3, 0.4) is 0 Å². The van der Waals surface area contributed by atoms with Crippen LogP contribution in [0.15, 0.2) is 53.6 Å². The van der Waals surface area contributed by atoms with Gasteiger partial charge in [0.2, 0.25) is 0 Å². The van der Waals surface area contributed by atoms with Crippen LogP contribution in [-0.2, 0) is 16.6 Å². The number of nitrogens with one attached hydrogen (secondary N) is 1. The van der Waals surface area contributed by atoms with E-state index in [1.807, 2.05) is 18.3 Å². The van der Waals surface area contributed by atoms with Gasteiger partial charge in [-0.1, -0.05) is 13.8 Å². The Morgan fingerprint density at radius 3 is 2.59 bits per heavy atom. The number of sulfonamides is 1. The van der Waals surface area contributed by atoms with Crippen LogP contribution in [-0.4, -0.2) is 24.1 Å². The molecule has 0 aliphatic rings. The van der Waals surface area contributed by atoms with Crippen LogP contribution in [0, 0.1) is 11.7 Å². The van der Waals surface area contributed by atoms with Gasteiger partial charge in [0.15, 0.2) is 0 Å². The van der Waals surface area contributed by atoms with Crippen molar-refractivity contribution >= 4 is 32.6 Å². The number of rotatable bonds is 6. The summed E-state index contributed by atoms with van der Waals surface area (Å²) in [5.41, 5.74) is 0.631. The molecule has 2 aromatic carbocycles. The maximum Gasteiger partial charge on any atom is 0.338 e. The standard InChI is InChI=1S/C19H19FN2O4S/c1-12(2)11-22-8-7-13-9-14(3-6-18(13)22)21-27(25,26)15-4-5-17(20)16(10-15)19(23)24/h3-10,12,21H,11H2,1-2H3,(H,23,24). The van der Waals surface area contributed by atoms with Gasteiger partial charge in [-0.3, -0.25) is 4.72 Å². The zero-order valence-corrected chi connectivity index (χ0v) is 15.6. The number of carboxylic acids is 1. The zero-order chi connectivity index (χ0) is 19.8. The number of aromatic carboxylic acids is 1. The first-order chi connectivity index (χ1) is 12.7. The molecule has 27 heavy (non-hydrogen) atoms. The van der Waals surface area contributed by atoms with Gasteiger partial charge >= 0.3 is 5.97 Å². The molecular weight excluding hydrogens is 371 g/mol. The third-order valence-corrected chi connectivity index (χ3v) is 5.44. The fourth-order valence-corrected chi connectivity index (χ4v) is 3.94. The van der Waals surface area contributed by atoms with Crippen molar-refractivity contribution in [3.63, 3.8) is 0 Å². The van der Waals surface area contributed by atoms with Gasteiger partial charge in [-0.2, -0.15) is 0 Å². The molecule has 3 rings (SSSR count). The first-order valence-corrected chi connectivity index (χ1v) is 9.80. The number of aromatic nitrogens is 1. The molecule has 1 aromatic heterocycles. The molecule has 8 heteroatoms. The highest BCUT2D eigenvalue weighted by Crippen LogP contribution is 2.24. The van der Waals surface area contributed by atoms with Crippen LogP contribution >= 0.6 is 0 Å². The fourth-order valence-electron chi connectivity index (χ4n) is 2.87. The third kappa shape index (κ3) is 3.95. The molecule has 0 bridgehead atoms. The number of benzene rings is 2. The first kappa shape index (κ1) is 18.9. The average Bonchev–Trinajstić information content (AvgIpc) is 2.96. The molecule has 3 aromatic rings. The summed E-state index contributed by atoms with van der Waals surface area (Å²) in [6.45, 7) is 5.08. The van der Waals surface area contributed by atoms with Crippen LogP contribution in [0.2, 0.25) is 0 Å². The van der Waals surface area contributed by atoms with Crippen molar-refractivity contribution in [3.05, 3.63) is 60.0 Å². The highest BCUT2D eigenvalue weighted by atomic mass is 32.2. The number of anilines is 1. The molecule has 0 aliphatic carbocycles. The molecule has 0 spiro atoms. The lowest BCUT2D eigenvalue weighted by Gasteiger charge is -2.11. The lowest BCUT2D eigenvalue weighted by molar-refractivity contribution is 0.0691. The van der Waals surface area contributed by atoms with Crippen molar-refractivity contribution in [2.45, 2.75) is 25.3 Å². The van der Waals surface area contributed by atoms with Gasteiger partial charge in [-0.25, -0.2) is 17.6 Å². The second-order valence-corrected chi connectivity index (χ2v) is 8.37. The van der Waals surface area contributed by atoms with E-state index in [9.17, 15) is 17.6 Å². The maximum atomic E-state index is 13.5. The van der Waals surface area contributed by atoms with Crippen molar-refractivity contribution < 1.29 is 22.7 Å².